The highest BCUT2D eigenvalue weighted by atomic mass is 79.9. The van der Waals surface area contributed by atoms with Gasteiger partial charge in [-0.25, -0.2) is 4.39 Å². The summed E-state index contributed by atoms with van der Waals surface area (Å²) in [5.74, 6) is -1.08. The maximum absolute atomic E-state index is 14.1. The summed E-state index contributed by atoms with van der Waals surface area (Å²) in [4.78, 5) is 0. The van der Waals surface area contributed by atoms with Crippen molar-refractivity contribution in [3.63, 3.8) is 0 Å². The lowest BCUT2D eigenvalue weighted by molar-refractivity contribution is 0.145. The van der Waals surface area contributed by atoms with Gasteiger partial charge >= 0.3 is 0 Å². The molecule has 0 spiro atoms. The molecule has 0 radical (unpaired) electrons. The lowest BCUT2D eigenvalue weighted by atomic mass is 9.89. The predicted octanol–water partition coefficient (Wildman–Crippen LogP) is 4.02. The number of aliphatic hydroxyl groups is 1. The molecule has 2 atom stereocenters. The summed E-state index contributed by atoms with van der Waals surface area (Å²) in [6.07, 6.45) is -0.898. The van der Waals surface area contributed by atoms with Gasteiger partial charge < -0.3 is 10.8 Å². The molecule has 0 saturated carbocycles. The van der Waals surface area contributed by atoms with Crippen molar-refractivity contribution < 1.29 is 9.50 Å². The van der Waals surface area contributed by atoms with Gasteiger partial charge in [0, 0.05) is 16.9 Å². The second-order valence-corrected chi connectivity index (χ2v) is 5.81. The molecular weight excluding hydrogens is 345 g/mol. The maximum atomic E-state index is 14.1. The smallest absolute Gasteiger partial charge is 0.145 e. The number of aliphatic hydroxyl groups excluding tert-OH is 1. The Hall–Kier alpha value is -0.940. The summed E-state index contributed by atoms with van der Waals surface area (Å²) in [5.41, 5.74) is 6.72. The number of hydrogen-bond donors (Lipinski definition) is 2. The third-order valence-corrected chi connectivity index (χ3v) is 3.99. The van der Waals surface area contributed by atoms with Gasteiger partial charge in [0.05, 0.1) is 11.1 Å². The molecule has 0 aromatic heterocycles. The molecule has 0 aliphatic heterocycles. The zero-order chi connectivity index (χ0) is 14.7. The SMILES string of the molecule is NCC(c1cccc(Cl)c1F)C(O)c1cccc(Br)c1. The fourth-order valence-electron chi connectivity index (χ4n) is 2.16. The molecule has 106 valence electrons. The fraction of sp³-hybridized carbons (Fsp3) is 0.200. The second kappa shape index (κ2) is 6.68. The topological polar surface area (TPSA) is 46.2 Å². The Morgan fingerprint density at radius 1 is 1.25 bits per heavy atom. The van der Waals surface area contributed by atoms with Crippen molar-refractivity contribution in [2.75, 3.05) is 6.54 Å². The summed E-state index contributed by atoms with van der Waals surface area (Å²) in [7, 11) is 0. The van der Waals surface area contributed by atoms with Crippen LogP contribution in [-0.2, 0) is 0 Å². The summed E-state index contributed by atoms with van der Waals surface area (Å²) < 4.78 is 14.9. The van der Waals surface area contributed by atoms with Gasteiger partial charge in [0.1, 0.15) is 5.82 Å². The highest BCUT2D eigenvalue weighted by Gasteiger charge is 2.25. The molecule has 0 aliphatic rings. The summed E-state index contributed by atoms with van der Waals surface area (Å²) >= 11 is 9.13. The van der Waals surface area contributed by atoms with Crippen LogP contribution in [0.25, 0.3) is 0 Å². The first-order chi connectivity index (χ1) is 9.54. The van der Waals surface area contributed by atoms with Crippen molar-refractivity contribution in [1.29, 1.82) is 0 Å². The van der Waals surface area contributed by atoms with Crippen LogP contribution in [0, 0.1) is 5.82 Å². The van der Waals surface area contributed by atoms with Crippen LogP contribution >= 0.6 is 27.5 Å². The standard InChI is InChI=1S/C15H14BrClFNO/c16-10-4-1-3-9(7-10)15(20)12(8-19)11-5-2-6-13(17)14(11)18/h1-7,12,15,20H,8,19H2. The zero-order valence-electron chi connectivity index (χ0n) is 10.6. The molecule has 3 N–H and O–H groups in total. The molecule has 0 aliphatic carbocycles. The Morgan fingerprint density at radius 3 is 2.60 bits per heavy atom. The van der Waals surface area contributed by atoms with Gasteiger partial charge in [0.15, 0.2) is 0 Å². The Balaban J connectivity index is 2.39. The summed E-state index contributed by atoms with van der Waals surface area (Å²) in [6.45, 7) is 0.116. The number of rotatable bonds is 4. The highest BCUT2D eigenvalue weighted by molar-refractivity contribution is 9.10. The lowest BCUT2D eigenvalue weighted by Gasteiger charge is -2.23. The first kappa shape index (κ1) is 15.4. The van der Waals surface area contributed by atoms with Crippen LogP contribution in [0.1, 0.15) is 23.1 Å². The van der Waals surface area contributed by atoms with Crippen LogP contribution in [0.15, 0.2) is 46.9 Å². The van der Waals surface area contributed by atoms with Crippen molar-refractivity contribution in [3.8, 4) is 0 Å². The van der Waals surface area contributed by atoms with Crippen molar-refractivity contribution in [3.05, 3.63) is 68.9 Å². The molecule has 20 heavy (non-hydrogen) atoms. The van der Waals surface area contributed by atoms with Crippen molar-refractivity contribution in [2.24, 2.45) is 5.73 Å². The van der Waals surface area contributed by atoms with Gasteiger partial charge in [-0.15, -0.1) is 0 Å². The third-order valence-electron chi connectivity index (χ3n) is 3.21. The minimum absolute atomic E-state index is 0.0300. The molecule has 0 fully saturated rings. The lowest BCUT2D eigenvalue weighted by Crippen LogP contribution is -2.21. The molecule has 5 heteroatoms. The van der Waals surface area contributed by atoms with E-state index in [1.165, 1.54) is 6.07 Å². The number of nitrogens with two attached hydrogens (primary N) is 1. The molecule has 0 amide bonds. The van der Waals surface area contributed by atoms with E-state index in [9.17, 15) is 9.50 Å². The number of halogens is 3. The molecule has 0 heterocycles. The highest BCUT2D eigenvalue weighted by Crippen LogP contribution is 2.34. The second-order valence-electron chi connectivity index (χ2n) is 4.49. The van der Waals surface area contributed by atoms with E-state index in [4.69, 9.17) is 17.3 Å². The van der Waals surface area contributed by atoms with Gasteiger partial charge in [-0.3, -0.25) is 0 Å². The van der Waals surface area contributed by atoms with E-state index in [2.05, 4.69) is 15.9 Å². The van der Waals surface area contributed by atoms with E-state index < -0.39 is 17.8 Å². The van der Waals surface area contributed by atoms with Gasteiger partial charge in [-0.2, -0.15) is 0 Å². The average molecular weight is 359 g/mol. The first-order valence-electron chi connectivity index (χ1n) is 6.12. The van der Waals surface area contributed by atoms with Gasteiger partial charge in [-0.1, -0.05) is 51.8 Å². The van der Waals surface area contributed by atoms with Crippen molar-refractivity contribution >= 4 is 27.5 Å². The molecular formula is C15H14BrClFNO. The van der Waals surface area contributed by atoms with Crippen LogP contribution < -0.4 is 5.73 Å². The first-order valence-corrected chi connectivity index (χ1v) is 7.29. The minimum Gasteiger partial charge on any atom is -0.388 e. The van der Waals surface area contributed by atoms with Crippen LogP contribution in [0.5, 0.6) is 0 Å². The monoisotopic (exact) mass is 357 g/mol. The van der Waals surface area contributed by atoms with Crippen molar-refractivity contribution in [1.82, 2.24) is 0 Å². The molecule has 2 nitrogen and oxygen atoms in total. The molecule has 2 rings (SSSR count). The average Bonchev–Trinajstić information content (AvgIpc) is 2.44. The van der Waals surface area contributed by atoms with E-state index in [0.29, 0.717) is 11.1 Å². The van der Waals surface area contributed by atoms with Crippen LogP contribution in [0.4, 0.5) is 4.39 Å². The molecule has 2 aromatic rings. The fourth-order valence-corrected chi connectivity index (χ4v) is 2.75. The largest absolute Gasteiger partial charge is 0.388 e. The Bertz CT molecular complexity index is 608. The molecule has 2 unspecified atom stereocenters. The summed E-state index contributed by atoms with van der Waals surface area (Å²) in [6, 6.07) is 11.9. The third kappa shape index (κ3) is 3.20. The van der Waals surface area contributed by atoms with E-state index in [1.807, 2.05) is 12.1 Å². The minimum atomic E-state index is -0.898. The van der Waals surface area contributed by atoms with Crippen LogP contribution in [0.2, 0.25) is 5.02 Å². The molecule has 0 bridgehead atoms. The van der Waals surface area contributed by atoms with E-state index in [-0.39, 0.29) is 11.6 Å². The van der Waals surface area contributed by atoms with E-state index >= 15 is 0 Å². The van der Waals surface area contributed by atoms with Crippen LogP contribution in [-0.4, -0.2) is 11.7 Å². The molecule has 0 saturated heterocycles. The quantitative estimate of drug-likeness (QED) is 0.867. The normalized spacial score (nSPS) is 14.1. The maximum Gasteiger partial charge on any atom is 0.145 e. The Morgan fingerprint density at radius 2 is 1.95 bits per heavy atom. The Labute approximate surface area is 130 Å². The molecule has 2 aromatic carbocycles. The van der Waals surface area contributed by atoms with Crippen molar-refractivity contribution in [2.45, 2.75) is 12.0 Å². The number of benzene rings is 2. The number of hydrogen-bond acceptors (Lipinski definition) is 2. The van der Waals surface area contributed by atoms with E-state index in [1.54, 1.807) is 24.3 Å². The zero-order valence-corrected chi connectivity index (χ0v) is 12.9. The van der Waals surface area contributed by atoms with Gasteiger partial charge in [0.2, 0.25) is 0 Å². The Kier molecular flexibility index (Phi) is 5.16. The van der Waals surface area contributed by atoms with Crippen LogP contribution in [0.3, 0.4) is 0 Å². The predicted molar refractivity (Wildman–Crippen MR) is 82.3 cm³/mol. The summed E-state index contributed by atoms with van der Waals surface area (Å²) in [5, 5.41) is 10.5. The van der Waals surface area contributed by atoms with Gasteiger partial charge in [0.25, 0.3) is 0 Å². The van der Waals surface area contributed by atoms with Gasteiger partial charge in [-0.05, 0) is 29.3 Å². The van der Waals surface area contributed by atoms with E-state index in [0.717, 1.165) is 4.47 Å².